The summed E-state index contributed by atoms with van der Waals surface area (Å²) in [5, 5.41) is 13.5. The van der Waals surface area contributed by atoms with E-state index in [2.05, 4.69) is 40.9 Å². The number of nitrogens with zero attached hydrogens (tertiary/aromatic N) is 3. The van der Waals surface area contributed by atoms with Crippen molar-refractivity contribution in [3.63, 3.8) is 0 Å². The predicted octanol–water partition coefficient (Wildman–Crippen LogP) is 3.41. The fourth-order valence-corrected chi connectivity index (χ4v) is 5.28. The number of ether oxygens (including phenoxy) is 1. The van der Waals surface area contributed by atoms with Crippen LogP contribution in [0.4, 0.5) is 5.69 Å². The molecule has 2 aromatic heterocycles. The number of aliphatic hydroxyl groups excluding tert-OH is 1. The first-order chi connectivity index (χ1) is 14.4. The van der Waals surface area contributed by atoms with Gasteiger partial charge in [-0.2, -0.15) is 0 Å². The average molecular weight is 431 g/mol. The van der Waals surface area contributed by atoms with Gasteiger partial charge in [0.2, 0.25) is 0 Å². The molecule has 1 amide bonds. The van der Waals surface area contributed by atoms with Crippen molar-refractivity contribution >= 4 is 30.7 Å². The Morgan fingerprint density at radius 3 is 2.73 bits per heavy atom. The lowest BCUT2D eigenvalue weighted by molar-refractivity contribution is 0.0899. The van der Waals surface area contributed by atoms with Crippen LogP contribution in [-0.2, 0) is 11.5 Å². The van der Waals surface area contributed by atoms with Gasteiger partial charge < -0.3 is 24.6 Å². The van der Waals surface area contributed by atoms with Crippen LogP contribution in [0.1, 0.15) is 36.0 Å². The molecule has 7 nitrogen and oxygen atoms in total. The van der Waals surface area contributed by atoms with E-state index in [1.807, 2.05) is 10.8 Å². The molecule has 1 aliphatic heterocycles. The number of amides is 1. The summed E-state index contributed by atoms with van der Waals surface area (Å²) in [6.07, 6.45) is 7.84. The van der Waals surface area contributed by atoms with E-state index in [1.165, 1.54) is 0 Å². The first-order valence-corrected chi connectivity index (χ1v) is 14.8. The Hall–Kier alpha value is -1.90. The monoisotopic (exact) mass is 430 g/mol. The number of anilines is 1. The molecule has 0 aromatic carbocycles. The van der Waals surface area contributed by atoms with Crippen LogP contribution in [0.15, 0.2) is 18.5 Å². The van der Waals surface area contributed by atoms with E-state index in [0.29, 0.717) is 30.9 Å². The molecule has 30 heavy (non-hydrogen) atoms. The number of pyridine rings is 1. The van der Waals surface area contributed by atoms with Crippen LogP contribution in [0.2, 0.25) is 25.7 Å². The number of carbonyl (C=O) groups excluding carboxylic acids is 1. The van der Waals surface area contributed by atoms with Gasteiger partial charge in [0.25, 0.3) is 5.91 Å². The number of aliphatic hydroxyl groups is 1. The van der Waals surface area contributed by atoms with E-state index in [4.69, 9.17) is 4.74 Å². The van der Waals surface area contributed by atoms with Gasteiger partial charge in [-0.1, -0.05) is 19.6 Å². The summed E-state index contributed by atoms with van der Waals surface area (Å²) in [7, 11) is -1.11. The molecule has 2 N–H and O–H groups in total. The molecule has 0 radical (unpaired) electrons. The van der Waals surface area contributed by atoms with Gasteiger partial charge in [0.1, 0.15) is 12.4 Å². The van der Waals surface area contributed by atoms with Crippen LogP contribution in [0.25, 0.3) is 11.0 Å². The summed E-state index contributed by atoms with van der Waals surface area (Å²) < 4.78 is 7.97. The molecule has 2 aromatic rings. The third-order valence-electron chi connectivity index (χ3n) is 6.44. The van der Waals surface area contributed by atoms with Gasteiger partial charge in [-0.15, -0.1) is 0 Å². The number of rotatable bonds is 7. The van der Waals surface area contributed by atoms with Gasteiger partial charge in [0, 0.05) is 45.1 Å². The van der Waals surface area contributed by atoms with Crippen LogP contribution in [0.3, 0.4) is 0 Å². The van der Waals surface area contributed by atoms with Gasteiger partial charge in [0.15, 0.2) is 0 Å². The molecule has 0 unspecified atom stereocenters. The molecule has 0 saturated heterocycles. The van der Waals surface area contributed by atoms with Crippen LogP contribution in [0.5, 0.6) is 0 Å². The number of nitrogens with one attached hydrogen (secondary N) is 1. The maximum absolute atomic E-state index is 12.5. The molecule has 4 rings (SSSR count). The molecule has 1 saturated carbocycles. The maximum Gasteiger partial charge on any atom is 0.256 e. The summed E-state index contributed by atoms with van der Waals surface area (Å²) in [5.41, 5.74) is 2.51. The molecular weight excluding hydrogens is 396 g/mol. The number of hydrogen-bond acceptors (Lipinski definition) is 5. The molecule has 2 aliphatic rings. The zero-order valence-corrected chi connectivity index (χ0v) is 19.4. The standard InChI is InChI=1S/C22H34N4O3Si/c1-30(2,3)11-10-29-15-25-9-8-18-20-19(12-23-21(18)25)22(28)24-14-26(20)17-6-4-16(13-27)5-7-17/h8-9,12,16-17,27H,4-7,10-11,13-15H2,1-3H3,(H,24,28)/t16-,17-. The van der Waals surface area contributed by atoms with Crippen molar-refractivity contribution in [2.24, 2.45) is 5.92 Å². The minimum Gasteiger partial charge on any atom is -0.396 e. The second kappa shape index (κ2) is 8.68. The third-order valence-corrected chi connectivity index (χ3v) is 8.15. The molecule has 3 heterocycles. The zero-order valence-electron chi connectivity index (χ0n) is 18.4. The predicted molar refractivity (Wildman–Crippen MR) is 121 cm³/mol. The van der Waals surface area contributed by atoms with Gasteiger partial charge >= 0.3 is 0 Å². The van der Waals surface area contributed by atoms with Crippen molar-refractivity contribution in [3.05, 3.63) is 24.0 Å². The second-order valence-electron chi connectivity index (χ2n) is 9.88. The van der Waals surface area contributed by atoms with Gasteiger partial charge in [-0.3, -0.25) is 4.79 Å². The summed E-state index contributed by atoms with van der Waals surface area (Å²) >= 11 is 0. The Kier molecular flexibility index (Phi) is 6.18. The van der Waals surface area contributed by atoms with Gasteiger partial charge in [0.05, 0.1) is 17.9 Å². The SMILES string of the molecule is C[Si](C)(C)CCOCn1ccc2c3c(cnc21)C(=O)NCN3[C@H]1CC[C@H](CO)CC1. The number of aromatic nitrogens is 2. The lowest BCUT2D eigenvalue weighted by atomic mass is 9.85. The summed E-state index contributed by atoms with van der Waals surface area (Å²) in [5.74, 6) is 0.353. The molecule has 1 aliphatic carbocycles. The van der Waals surface area contributed by atoms with E-state index in [0.717, 1.165) is 55.1 Å². The number of fused-ring (bicyclic) bond motifs is 3. The van der Waals surface area contributed by atoms with Crippen LogP contribution >= 0.6 is 0 Å². The molecule has 164 valence electrons. The Bertz CT molecular complexity index is 900. The zero-order chi connectivity index (χ0) is 21.3. The molecular formula is C22H34N4O3Si. The highest BCUT2D eigenvalue weighted by molar-refractivity contribution is 6.76. The minimum absolute atomic E-state index is 0.0566. The second-order valence-corrected chi connectivity index (χ2v) is 15.5. The van der Waals surface area contributed by atoms with Crippen molar-refractivity contribution < 1.29 is 14.6 Å². The molecule has 1 fully saturated rings. The fourth-order valence-electron chi connectivity index (χ4n) is 4.53. The summed E-state index contributed by atoms with van der Waals surface area (Å²) in [6.45, 7) is 9.09. The van der Waals surface area contributed by atoms with E-state index in [1.54, 1.807) is 6.20 Å². The normalized spacial score (nSPS) is 22.3. The van der Waals surface area contributed by atoms with E-state index >= 15 is 0 Å². The highest BCUT2D eigenvalue weighted by Crippen LogP contribution is 2.37. The van der Waals surface area contributed by atoms with Crippen molar-refractivity contribution in [2.75, 3.05) is 24.8 Å². The quantitative estimate of drug-likeness (QED) is 0.520. The lowest BCUT2D eigenvalue weighted by Gasteiger charge is -2.41. The van der Waals surface area contributed by atoms with Gasteiger partial charge in [-0.25, -0.2) is 4.98 Å². The first kappa shape index (κ1) is 21.3. The average Bonchev–Trinajstić information content (AvgIpc) is 3.14. The van der Waals surface area contributed by atoms with Crippen molar-refractivity contribution in [1.82, 2.24) is 14.9 Å². The van der Waals surface area contributed by atoms with E-state index < -0.39 is 8.07 Å². The highest BCUT2D eigenvalue weighted by Gasteiger charge is 2.33. The molecule has 0 atom stereocenters. The molecule has 8 heteroatoms. The van der Waals surface area contributed by atoms with E-state index in [9.17, 15) is 9.90 Å². The molecule has 0 bridgehead atoms. The van der Waals surface area contributed by atoms with Crippen LogP contribution < -0.4 is 10.2 Å². The number of hydrogen-bond donors (Lipinski definition) is 2. The Balaban J connectivity index is 1.57. The molecule has 0 spiro atoms. The van der Waals surface area contributed by atoms with E-state index in [-0.39, 0.29) is 12.5 Å². The van der Waals surface area contributed by atoms with Crippen molar-refractivity contribution in [3.8, 4) is 0 Å². The fraction of sp³-hybridized carbons (Fsp3) is 0.636. The summed E-state index contributed by atoms with van der Waals surface area (Å²) in [6, 6.07) is 3.57. The van der Waals surface area contributed by atoms with Crippen molar-refractivity contribution in [2.45, 2.75) is 64.1 Å². The lowest BCUT2D eigenvalue weighted by Crippen LogP contribution is -2.49. The number of carbonyl (C=O) groups is 1. The smallest absolute Gasteiger partial charge is 0.256 e. The third kappa shape index (κ3) is 4.40. The summed E-state index contributed by atoms with van der Waals surface area (Å²) in [4.78, 5) is 19.5. The first-order valence-electron chi connectivity index (χ1n) is 11.1. The van der Waals surface area contributed by atoms with Gasteiger partial charge in [-0.05, 0) is 43.7 Å². The Morgan fingerprint density at radius 2 is 2.03 bits per heavy atom. The minimum atomic E-state index is -1.11. The maximum atomic E-state index is 12.5. The van der Waals surface area contributed by atoms with Crippen LogP contribution in [-0.4, -0.2) is 54.6 Å². The largest absolute Gasteiger partial charge is 0.396 e. The highest BCUT2D eigenvalue weighted by atomic mass is 28.3. The van der Waals surface area contributed by atoms with Crippen molar-refractivity contribution in [1.29, 1.82) is 0 Å². The van der Waals surface area contributed by atoms with Crippen LogP contribution in [0, 0.1) is 5.92 Å². The Morgan fingerprint density at radius 1 is 1.27 bits per heavy atom. The Labute approximate surface area is 179 Å². The topological polar surface area (TPSA) is 79.6 Å².